The number of rotatable bonds is 4. The Labute approximate surface area is 136 Å². The molecule has 2 amide bonds. The van der Waals surface area contributed by atoms with Crippen LogP contribution in [-0.2, 0) is 16.1 Å². The van der Waals surface area contributed by atoms with E-state index in [9.17, 15) is 9.59 Å². The van der Waals surface area contributed by atoms with Crippen molar-refractivity contribution in [2.45, 2.75) is 19.1 Å². The molecule has 0 spiro atoms. The monoisotopic (exact) mass is 317 g/mol. The van der Waals surface area contributed by atoms with E-state index in [0.29, 0.717) is 13.1 Å². The molecule has 124 valence electrons. The number of carbonyl (C=O) groups is 2. The molecular formula is C17H23N3O3. The third-order valence-corrected chi connectivity index (χ3v) is 4.62. The van der Waals surface area contributed by atoms with Gasteiger partial charge in [-0.25, -0.2) is 4.79 Å². The van der Waals surface area contributed by atoms with E-state index in [4.69, 9.17) is 4.74 Å². The molecule has 6 nitrogen and oxygen atoms in total. The summed E-state index contributed by atoms with van der Waals surface area (Å²) in [5.41, 5.74) is 0.961. The number of amides is 2. The Hall–Kier alpha value is -2.08. The lowest BCUT2D eigenvalue weighted by atomic mass is 9.98. The largest absolute Gasteiger partial charge is 0.445 e. The lowest BCUT2D eigenvalue weighted by Gasteiger charge is -2.40. The first kappa shape index (κ1) is 15.8. The van der Waals surface area contributed by atoms with E-state index in [2.05, 4.69) is 5.32 Å². The van der Waals surface area contributed by atoms with Gasteiger partial charge in [-0.15, -0.1) is 0 Å². The Morgan fingerprint density at radius 3 is 2.70 bits per heavy atom. The average Bonchev–Trinajstić information content (AvgIpc) is 3.06. The van der Waals surface area contributed by atoms with E-state index in [0.717, 1.165) is 25.1 Å². The highest BCUT2D eigenvalue weighted by molar-refractivity contribution is 5.82. The first-order chi connectivity index (χ1) is 11.1. The molecule has 2 aliphatic heterocycles. The maximum atomic E-state index is 12.4. The van der Waals surface area contributed by atoms with Crippen molar-refractivity contribution in [3.05, 3.63) is 35.9 Å². The molecule has 1 N–H and O–H groups in total. The first-order valence-corrected chi connectivity index (χ1v) is 8.08. The van der Waals surface area contributed by atoms with Crippen LogP contribution in [0.5, 0.6) is 0 Å². The van der Waals surface area contributed by atoms with E-state index >= 15 is 0 Å². The Balaban J connectivity index is 1.41. The van der Waals surface area contributed by atoms with Crippen molar-refractivity contribution in [2.24, 2.45) is 5.92 Å². The van der Waals surface area contributed by atoms with E-state index in [-0.39, 0.29) is 30.6 Å². The molecule has 0 bridgehead atoms. The second-order valence-corrected chi connectivity index (χ2v) is 6.24. The molecule has 0 aromatic heterocycles. The molecule has 0 saturated carbocycles. The molecule has 2 saturated heterocycles. The van der Waals surface area contributed by atoms with Crippen LogP contribution in [0.4, 0.5) is 4.79 Å². The molecule has 23 heavy (non-hydrogen) atoms. The van der Waals surface area contributed by atoms with E-state index < -0.39 is 0 Å². The fourth-order valence-corrected chi connectivity index (χ4v) is 3.03. The normalized spacial score (nSPS) is 20.9. The van der Waals surface area contributed by atoms with Crippen LogP contribution >= 0.6 is 0 Å². The Bertz CT molecular complexity index is 551. The van der Waals surface area contributed by atoms with E-state index in [1.54, 1.807) is 4.90 Å². The minimum atomic E-state index is -0.344. The van der Waals surface area contributed by atoms with Gasteiger partial charge in [-0.3, -0.25) is 4.79 Å². The molecule has 2 aliphatic rings. The van der Waals surface area contributed by atoms with Crippen molar-refractivity contribution < 1.29 is 14.3 Å². The third-order valence-electron chi connectivity index (χ3n) is 4.62. The summed E-state index contributed by atoms with van der Waals surface area (Å²) in [5.74, 6) is 0.0377. The van der Waals surface area contributed by atoms with Gasteiger partial charge in [-0.1, -0.05) is 30.3 Å². The SMILES string of the molecule is CN(C(=O)C1CN(C(=O)OCc2ccccc2)C1)[C@@H]1CCNC1. The smallest absolute Gasteiger partial charge is 0.410 e. The molecule has 6 heteroatoms. The summed E-state index contributed by atoms with van der Waals surface area (Å²) in [6.07, 6.45) is 0.653. The average molecular weight is 317 g/mol. The molecule has 2 heterocycles. The maximum absolute atomic E-state index is 12.4. The maximum Gasteiger partial charge on any atom is 0.410 e. The van der Waals surface area contributed by atoms with Crippen molar-refractivity contribution in [1.82, 2.24) is 15.1 Å². The lowest BCUT2D eigenvalue weighted by molar-refractivity contribution is -0.140. The zero-order valence-electron chi connectivity index (χ0n) is 13.4. The van der Waals surface area contributed by atoms with Gasteiger partial charge in [0.15, 0.2) is 0 Å². The molecule has 0 unspecified atom stereocenters. The predicted molar refractivity (Wildman–Crippen MR) is 85.7 cm³/mol. The van der Waals surface area contributed by atoms with Gasteiger partial charge in [-0.05, 0) is 18.5 Å². The fraction of sp³-hybridized carbons (Fsp3) is 0.529. The van der Waals surface area contributed by atoms with E-state index in [1.165, 1.54) is 0 Å². The Kier molecular flexibility index (Phi) is 4.81. The van der Waals surface area contributed by atoms with Crippen LogP contribution in [0.15, 0.2) is 30.3 Å². The van der Waals surface area contributed by atoms with Gasteiger partial charge in [0.25, 0.3) is 0 Å². The minimum Gasteiger partial charge on any atom is -0.445 e. The first-order valence-electron chi connectivity index (χ1n) is 8.08. The Morgan fingerprint density at radius 1 is 1.30 bits per heavy atom. The van der Waals surface area contributed by atoms with Gasteiger partial charge in [0.2, 0.25) is 5.91 Å². The van der Waals surface area contributed by atoms with Crippen LogP contribution in [0.2, 0.25) is 0 Å². The molecular weight excluding hydrogens is 294 g/mol. The molecule has 1 aromatic rings. The molecule has 1 aromatic carbocycles. The van der Waals surface area contributed by atoms with Crippen LogP contribution in [0.3, 0.4) is 0 Å². The zero-order valence-corrected chi connectivity index (χ0v) is 13.4. The van der Waals surface area contributed by atoms with Crippen molar-refractivity contribution in [3.63, 3.8) is 0 Å². The summed E-state index contributed by atoms with van der Waals surface area (Å²) in [4.78, 5) is 27.8. The number of ether oxygens (including phenoxy) is 1. The van der Waals surface area contributed by atoms with Crippen LogP contribution in [0.25, 0.3) is 0 Å². The molecule has 0 aliphatic carbocycles. The zero-order chi connectivity index (χ0) is 16.2. The molecule has 1 atom stereocenters. The van der Waals surface area contributed by atoms with Gasteiger partial charge in [0, 0.05) is 32.7 Å². The Morgan fingerprint density at radius 2 is 2.04 bits per heavy atom. The van der Waals surface area contributed by atoms with Gasteiger partial charge >= 0.3 is 6.09 Å². The van der Waals surface area contributed by atoms with Crippen LogP contribution < -0.4 is 5.32 Å². The van der Waals surface area contributed by atoms with Gasteiger partial charge < -0.3 is 19.9 Å². The van der Waals surface area contributed by atoms with Gasteiger partial charge in [0.05, 0.1) is 5.92 Å². The summed E-state index contributed by atoms with van der Waals surface area (Å²) in [7, 11) is 1.86. The van der Waals surface area contributed by atoms with E-state index in [1.807, 2.05) is 42.3 Å². The van der Waals surface area contributed by atoms with Crippen LogP contribution in [0, 0.1) is 5.92 Å². The number of carbonyl (C=O) groups excluding carboxylic acids is 2. The fourth-order valence-electron chi connectivity index (χ4n) is 3.03. The predicted octanol–water partition coefficient (Wildman–Crippen LogP) is 1.08. The van der Waals surface area contributed by atoms with Crippen molar-refractivity contribution in [3.8, 4) is 0 Å². The highest BCUT2D eigenvalue weighted by Crippen LogP contribution is 2.21. The summed E-state index contributed by atoms with van der Waals surface area (Å²) < 4.78 is 5.27. The highest BCUT2D eigenvalue weighted by atomic mass is 16.6. The topological polar surface area (TPSA) is 61.9 Å². The number of nitrogens with zero attached hydrogens (tertiary/aromatic N) is 2. The summed E-state index contributed by atoms with van der Waals surface area (Å²) in [6.45, 7) is 3.00. The summed E-state index contributed by atoms with van der Waals surface area (Å²) in [6, 6.07) is 9.86. The second-order valence-electron chi connectivity index (χ2n) is 6.24. The van der Waals surface area contributed by atoms with Crippen LogP contribution in [-0.4, -0.2) is 61.1 Å². The minimum absolute atomic E-state index is 0.0927. The second kappa shape index (κ2) is 7.00. The van der Waals surface area contributed by atoms with Crippen molar-refractivity contribution >= 4 is 12.0 Å². The highest BCUT2D eigenvalue weighted by Gasteiger charge is 2.39. The molecule has 2 fully saturated rings. The quantitative estimate of drug-likeness (QED) is 0.902. The molecule has 0 radical (unpaired) electrons. The van der Waals surface area contributed by atoms with Gasteiger partial charge in [-0.2, -0.15) is 0 Å². The summed E-state index contributed by atoms with van der Waals surface area (Å²) >= 11 is 0. The standard InChI is InChI=1S/C17H23N3O3/c1-19(15-7-8-18-9-15)16(21)14-10-20(11-14)17(22)23-12-13-5-3-2-4-6-13/h2-6,14-15,18H,7-12H2,1H3/t15-/m1/s1. The number of hydrogen-bond acceptors (Lipinski definition) is 4. The molecule has 3 rings (SSSR count). The van der Waals surface area contributed by atoms with Crippen LogP contribution in [0.1, 0.15) is 12.0 Å². The number of likely N-dealkylation sites (tertiary alicyclic amines) is 1. The number of likely N-dealkylation sites (N-methyl/N-ethyl adjacent to an activating group) is 1. The summed E-state index contributed by atoms with van der Waals surface area (Å²) in [5, 5.41) is 3.26. The number of benzene rings is 1. The lowest BCUT2D eigenvalue weighted by Crippen LogP contribution is -2.57. The van der Waals surface area contributed by atoms with Crippen molar-refractivity contribution in [2.75, 3.05) is 33.2 Å². The number of hydrogen-bond donors (Lipinski definition) is 1. The van der Waals surface area contributed by atoms with Crippen molar-refractivity contribution in [1.29, 1.82) is 0 Å². The van der Waals surface area contributed by atoms with Gasteiger partial charge in [0.1, 0.15) is 6.61 Å². The number of nitrogens with one attached hydrogen (secondary N) is 1. The third kappa shape index (κ3) is 3.64.